The minimum atomic E-state index is -0.420. The highest BCUT2D eigenvalue weighted by Crippen LogP contribution is 2.43. The van der Waals surface area contributed by atoms with Crippen molar-refractivity contribution < 1.29 is 14.3 Å². The number of hydrogen-bond acceptors (Lipinski definition) is 3. The SMILES string of the molecule is COc1ccc2c3c([nH]c2c1)C(C=C(C)C)N1C(=O)[C@@H]2CCCN2C(=O)[C@@H]1C3. The number of H-pyrrole nitrogens is 1. The van der Waals surface area contributed by atoms with Gasteiger partial charge in [0.1, 0.15) is 17.8 Å². The molecule has 0 bridgehead atoms. The number of nitrogens with zero attached hydrogens (tertiary/aromatic N) is 2. The van der Waals surface area contributed by atoms with Crippen LogP contribution in [0.5, 0.6) is 5.75 Å². The molecule has 146 valence electrons. The Morgan fingerprint density at radius 3 is 2.79 bits per heavy atom. The summed E-state index contributed by atoms with van der Waals surface area (Å²) in [6.45, 7) is 4.77. The van der Waals surface area contributed by atoms with Gasteiger partial charge in [-0.05, 0) is 44.4 Å². The fourth-order valence-corrected chi connectivity index (χ4v) is 5.11. The van der Waals surface area contributed by atoms with Crippen molar-refractivity contribution in [3.8, 4) is 5.75 Å². The molecular formula is C22H25N3O3. The molecule has 3 atom stereocenters. The molecule has 1 N–H and O–H groups in total. The summed E-state index contributed by atoms with van der Waals surface area (Å²) in [5.41, 5.74) is 4.27. The van der Waals surface area contributed by atoms with Gasteiger partial charge in [0.05, 0.1) is 13.2 Å². The number of allylic oxidation sites excluding steroid dienone is 1. The number of nitrogens with one attached hydrogen (secondary N) is 1. The first-order valence-corrected chi connectivity index (χ1v) is 9.95. The average Bonchev–Trinajstić information content (AvgIpc) is 3.30. The number of carbonyl (C=O) groups excluding carboxylic acids is 2. The molecule has 2 amide bonds. The summed E-state index contributed by atoms with van der Waals surface area (Å²) in [5, 5.41) is 1.10. The normalized spacial score (nSPS) is 26.2. The van der Waals surface area contributed by atoms with Crippen molar-refractivity contribution in [2.45, 2.75) is 51.2 Å². The van der Waals surface area contributed by atoms with Crippen LogP contribution >= 0.6 is 0 Å². The molecule has 3 aliphatic rings. The lowest BCUT2D eigenvalue weighted by molar-refractivity contribution is -0.162. The second-order valence-corrected chi connectivity index (χ2v) is 8.27. The van der Waals surface area contributed by atoms with Crippen LogP contribution in [0.25, 0.3) is 10.9 Å². The molecule has 0 saturated carbocycles. The van der Waals surface area contributed by atoms with Gasteiger partial charge in [0, 0.05) is 35.6 Å². The first-order chi connectivity index (χ1) is 13.5. The molecule has 6 heteroatoms. The molecule has 0 aliphatic carbocycles. The van der Waals surface area contributed by atoms with E-state index in [4.69, 9.17) is 4.74 Å². The zero-order valence-electron chi connectivity index (χ0n) is 16.5. The summed E-state index contributed by atoms with van der Waals surface area (Å²) in [6.07, 6.45) is 4.34. The first-order valence-electron chi connectivity index (χ1n) is 9.95. The van der Waals surface area contributed by atoms with Crippen molar-refractivity contribution in [1.82, 2.24) is 14.8 Å². The molecule has 1 aromatic carbocycles. The van der Waals surface area contributed by atoms with E-state index in [0.29, 0.717) is 13.0 Å². The fourth-order valence-electron chi connectivity index (χ4n) is 5.11. The van der Waals surface area contributed by atoms with E-state index in [2.05, 4.69) is 11.1 Å². The number of benzene rings is 1. The third-order valence-corrected chi connectivity index (χ3v) is 6.33. The second kappa shape index (κ2) is 6.12. The van der Waals surface area contributed by atoms with Gasteiger partial charge in [-0.3, -0.25) is 9.59 Å². The summed E-state index contributed by atoms with van der Waals surface area (Å²) < 4.78 is 5.37. The summed E-state index contributed by atoms with van der Waals surface area (Å²) in [4.78, 5) is 33.8. The summed E-state index contributed by atoms with van der Waals surface area (Å²) in [5.74, 6) is 0.977. The van der Waals surface area contributed by atoms with Crippen molar-refractivity contribution >= 4 is 22.7 Å². The van der Waals surface area contributed by atoms with Gasteiger partial charge in [-0.1, -0.05) is 11.6 Å². The molecule has 28 heavy (non-hydrogen) atoms. The smallest absolute Gasteiger partial charge is 0.246 e. The standard InChI is InChI=1S/C22H25N3O3/c1-12(2)9-18-20-15(14-7-6-13(28-3)10-16(14)23-20)11-19-21(26)24-8-4-5-17(24)22(27)25(18)19/h6-7,9-10,17-19,23H,4-5,8,11H2,1-3H3/t17-,18?,19-/m0/s1. The fraction of sp³-hybridized carbons (Fsp3) is 0.455. The van der Waals surface area contributed by atoms with Gasteiger partial charge in [-0.2, -0.15) is 0 Å². The van der Waals surface area contributed by atoms with E-state index < -0.39 is 6.04 Å². The van der Waals surface area contributed by atoms with Gasteiger partial charge in [0.2, 0.25) is 11.8 Å². The molecule has 2 fully saturated rings. The van der Waals surface area contributed by atoms with Crippen molar-refractivity contribution in [2.24, 2.45) is 0 Å². The lowest BCUT2D eigenvalue weighted by atomic mass is 9.87. The number of methoxy groups -OCH3 is 1. The molecule has 4 heterocycles. The third kappa shape index (κ3) is 2.33. The van der Waals surface area contributed by atoms with E-state index in [9.17, 15) is 9.59 Å². The molecule has 2 saturated heterocycles. The Hall–Kier alpha value is -2.76. The minimum absolute atomic E-state index is 0.0893. The van der Waals surface area contributed by atoms with Gasteiger partial charge < -0.3 is 19.5 Å². The van der Waals surface area contributed by atoms with Crippen LogP contribution in [0.1, 0.15) is 44.0 Å². The monoisotopic (exact) mass is 379 g/mol. The maximum atomic E-state index is 13.4. The predicted molar refractivity (Wildman–Crippen MR) is 106 cm³/mol. The molecule has 0 radical (unpaired) electrons. The molecular weight excluding hydrogens is 354 g/mol. The molecule has 3 aliphatic heterocycles. The number of aromatic amines is 1. The van der Waals surface area contributed by atoms with E-state index in [1.807, 2.05) is 41.8 Å². The maximum Gasteiger partial charge on any atom is 0.246 e. The van der Waals surface area contributed by atoms with Crippen LogP contribution in [0.15, 0.2) is 29.8 Å². The van der Waals surface area contributed by atoms with E-state index in [-0.39, 0.29) is 23.9 Å². The van der Waals surface area contributed by atoms with E-state index in [1.165, 1.54) is 0 Å². The van der Waals surface area contributed by atoms with Crippen LogP contribution in [0, 0.1) is 0 Å². The van der Waals surface area contributed by atoms with Crippen molar-refractivity contribution in [3.05, 3.63) is 41.1 Å². The quantitative estimate of drug-likeness (QED) is 0.816. The predicted octanol–water partition coefficient (Wildman–Crippen LogP) is 2.94. The van der Waals surface area contributed by atoms with E-state index in [1.54, 1.807) is 7.11 Å². The van der Waals surface area contributed by atoms with Gasteiger partial charge in [0.25, 0.3) is 0 Å². The summed E-state index contributed by atoms with van der Waals surface area (Å²) in [6, 6.07) is 5.03. The number of ether oxygens (including phenoxy) is 1. The molecule has 1 unspecified atom stereocenters. The number of carbonyl (C=O) groups is 2. The largest absolute Gasteiger partial charge is 0.497 e. The van der Waals surface area contributed by atoms with Crippen LogP contribution < -0.4 is 4.74 Å². The first kappa shape index (κ1) is 17.3. The minimum Gasteiger partial charge on any atom is -0.497 e. The number of piperazine rings is 1. The zero-order chi connectivity index (χ0) is 19.6. The van der Waals surface area contributed by atoms with Gasteiger partial charge in [-0.15, -0.1) is 0 Å². The van der Waals surface area contributed by atoms with Crippen LogP contribution in [-0.2, 0) is 16.0 Å². The molecule has 5 rings (SSSR count). The van der Waals surface area contributed by atoms with Crippen molar-refractivity contribution in [1.29, 1.82) is 0 Å². The molecule has 0 spiro atoms. The maximum absolute atomic E-state index is 13.4. The Bertz CT molecular complexity index is 1020. The number of hydrogen-bond donors (Lipinski definition) is 1. The van der Waals surface area contributed by atoms with Gasteiger partial charge in [0.15, 0.2) is 0 Å². The van der Waals surface area contributed by atoms with Crippen molar-refractivity contribution in [2.75, 3.05) is 13.7 Å². The Kier molecular flexibility index (Phi) is 3.79. The van der Waals surface area contributed by atoms with Crippen LogP contribution in [0.2, 0.25) is 0 Å². The Labute approximate surface area is 164 Å². The Morgan fingerprint density at radius 1 is 1.21 bits per heavy atom. The summed E-state index contributed by atoms with van der Waals surface area (Å²) >= 11 is 0. The Balaban J connectivity index is 1.70. The van der Waals surface area contributed by atoms with Gasteiger partial charge in [-0.25, -0.2) is 0 Å². The molecule has 6 nitrogen and oxygen atoms in total. The average molecular weight is 379 g/mol. The third-order valence-electron chi connectivity index (χ3n) is 6.33. The highest BCUT2D eigenvalue weighted by Gasteiger charge is 2.52. The Morgan fingerprint density at radius 2 is 2.04 bits per heavy atom. The highest BCUT2D eigenvalue weighted by molar-refractivity contribution is 5.99. The van der Waals surface area contributed by atoms with Crippen LogP contribution in [0.3, 0.4) is 0 Å². The highest BCUT2D eigenvalue weighted by atomic mass is 16.5. The number of aromatic nitrogens is 1. The van der Waals surface area contributed by atoms with E-state index >= 15 is 0 Å². The lowest BCUT2D eigenvalue weighted by Gasteiger charge is -2.47. The second-order valence-electron chi connectivity index (χ2n) is 8.27. The zero-order valence-corrected chi connectivity index (χ0v) is 16.5. The number of rotatable bonds is 2. The molecule has 1 aromatic heterocycles. The van der Waals surface area contributed by atoms with Crippen molar-refractivity contribution in [3.63, 3.8) is 0 Å². The van der Waals surface area contributed by atoms with Crippen LogP contribution in [0.4, 0.5) is 0 Å². The molecule has 2 aromatic rings. The summed E-state index contributed by atoms with van der Waals surface area (Å²) in [7, 11) is 1.65. The topological polar surface area (TPSA) is 65.6 Å². The number of fused-ring (bicyclic) bond motifs is 5. The van der Waals surface area contributed by atoms with Gasteiger partial charge >= 0.3 is 0 Å². The number of amides is 2. The van der Waals surface area contributed by atoms with E-state index in [0.717, 1.165) is 46.3 Å². The van der Waals surface area contributed by atoms with Crippen LogP contribution in [-0.4, -0.2) is 52.3 Å². The lowest BCUT2D eigenvalue weighted by Crippen LogP contribution is -2.65.